The van der Waals surface area contributed by atoms with Crippen molar-refractivity contribution < 1.29 is 4.79 Å². The van der Waals surface area contributed by atoms with Crippen LogP contribution in [-0.4, -0.2) is 11.9 Å². The largest absolute Gasteiger partial charge is 0.350 e. The lowest BCUT2D eigenvalue weighted by molar-refractivity contribution is 0.0937. The Morgan fingerprint density at radius 1 is 1.18 bits per heavy atom. The summed E-state index contributed by atoms with van der Waals surface area (Å²) in [6.07, 6.45) is 2.18. The van der Waals surface area contributed by atoms with Crippen molar-refractivity contribution in [2.24, 2.45) is 5.92 Å². The Balaban J connectivity index is 2.46. The number of benzene rings is 1. The smallest absolute Gasteiger partial charge is 0.251 e. The van der Waals surface area contributed by atoms with E-state index in [9.17, 15) is 4.79 Å². The number of amides is 1. The quantitative estimate of drug-likeness (QED) is 0.807. The van der Waals surface area contributed by atoms with Crippen LogP contribution in [0.2, 0.25) is 0 Å². The van der Waals surface area contributed by atoms with Gasteiger partial charge in [-0.1, -0.05) is 13.8 Å². The van der Waals surface area contributed by atoms with Gasteiger partial charge in [-0.15, -0.1) is 0 Å². The van der Waals surface area contributed by atoms with E-state index in [0.29, 0.717) is 5.92 Å². The van der Waals surface area contributed by atoms with E-state index in [1.807, 2.05) is 24.3 Å². The van der Waals surface area contributed by atoms with Gasteiger partial charge in [-0.25, -0.2) is 0 Å². The number of nitrogens with one attached hydrogen (secondary N) is 1. The van der Waals surface area contributed by atoms with Gasteiger partial charge in [0, 0.05) is 15.2 Å². The average Bonchev–Trinajstić information content (AvgIpc) is 2.27. The maximum absolute atomic E-state index is 11.9. The Morgan fingerprint density at radius 2 is 1.76 bits per heavy atom. The SMILES string of the molecule is CC(C)CC[C@H](C)NC(=O)c1ccc(I)cc1. The van der Waals surface area contributed by atoms with Crippen molar-refractivity contribution in [3.8, 4) is 0 Å². The highest BCUT2D eigenvalue weighted by atomic mass is 127. The summed E-state index contributed by atoms with van der Waals surface area (Å²) in [7, 11) is 0. The molecule has 1 N–H and O–H groups in total. The highest BCUT2D eigenvalue weighted by Crippen LogP contribution is 2.09. The van der Waals surface area contributed by atoms with E-state index >= 15 is 0 Å². The maximum atomic E-state index is 11.9. The molecule has 17 heavy (non-hydrogen) atoms. The topological polar surface area (TPSA) is 29.1 Å². The van der Waals surface area contributed by atoms with Crippen molar-refractivity contribution in [1.82, 2.24) is 5.32 Å². The van der Waals surface area contributed by atoms with Crippen LogP contribution in [0.4, 0.5) is 0 Å². The van der Waals surface area contributed by atoms with Crippen LogP contribution in [0.25, 0.3) is 0 Å². The van der Waals surface area contributed by atoms with E-state index in [-0.39, 0.29) is 11.9 Å². The van der Waals surface area contributed by atoms with Crippen molar-refractivity contribution in [2.45, 2.75) is 39.7 Å². The van der Waals surface area contributed by atoms with Crippen molar-refractivity contribution in [2.75, 3.05) is 0 Å². The van der Waals surface area contributed by atoms with Gasteiger partial charge in [0.05, 0.1) is 0 Å². The Kier molecular flexibility index (Phi) is 5.95. The predicted molar refractivity (Wildman–Crippen MR) is 80.2 cm³/mol. The van der Waals surface area contributed by atoms with Gasteiger partial charge in [-0.2, -0.15) is 0 Å². The number of rotatable bonds is 5. The average molecular weight is 345 g/mol. The number of hydrogen-bond acceptors (Lipinski definition) is 1. The summed E-state index contributed by atoms with van der Waals surface area (Å²) in [6.45, 7) is 6.47. The molecule has 0 aliphatic heterocycles. The van der Waals surface area contributed by atoms with Gasteiger partial charge in [0.2, 0.25) is 0 Å². The molecule has 1 amide bonds. The van der Waals surface area contributed by atoms with Crippen LogP contribution in [0.1, 0.15) is 44.0 Å². The third-order valence-electron chi connectivity index (χ3n) is 2.66. The molecule has 0 aromatic heterocycles. The first-order valence-corrected chi connectivity index (χ1v) is 7.13. The van der Waals surface area contributed by atoms with Gasteiger partial charge in [-0.05, 0) is 72.5 Å². The van der Waals surface area contributed by atoms with E-state index in [0.717, 1.165) is 22.0 Å². The van der Waals surface area contributed by atoms with Crippen molar-refractivity contribution in [3.63, 3.8) is 0 Å². The van der Waals surface area contributed by atoms with Gasteiger partial charge in [-0.3, -0.25) is 4.79 Å². The highest BCUT2D eigenvalue weighted by Gasteiger charge is 2.09. The lowest BCUT2D eigenvalue weighted by Gasteiger charge is -2.15. The van der Waals surface area contributed by atoms with Crippen LogP contribution < -0.4 is 5.32 Å². The molecule has 0 aliphatic carbocycles. The fourth-order valence-electron chi connectivity index (χ4n) is 1.56. The first kappa shape index (κ1) is 14.5. The monoisotopic (exact) mass is 345 g/mol. The van der Waals surface area contributed by atoms with Crippen molar-refractivity contribution >= 4 is 28.5 Å². The molecule has 1 atom stereocenters. The number of hydrogen-bond donors (Lipinski definition) is 1. The van der Waals surface area contributed by atoms with Crippen LogP contribution in [0, 0.1) is 9.49 Å². The zero-order valence-corrected chi connectivity index (χ0v) is 12.8. The van der Waals surface area contributed by atoms with Crippen molar-refractivity contribution in [1.29, 1.82) is 0 Å². The Bertz CT molecular complexity index is 359. The molecule has 0 fully saturated rings. The molecule has 2 nitrogen and oxygen atoms in total. The van der Waals surface area contributed by atoms with E-state index in [4.69, 9.17) is 0 Å². The molecule has 0 heterocycles. The first-order valence-electron chi connectivity index (χ1n) is 6.05. The van der Waals surface area contributed by atoms with E-state index < -0.39 is 0 Å². The van der Waals surface area contributed by atoms with E-state index in [1.165, 1.54) is 0 Å². The molecule has 0 saturated heterocycles. The molecule has 1 rings (SSSR count). The van der Waals surface area contributed by atoms with Gasteiger partial charge in [0.1, 0.15) is 0 Å². The molecular formula is C14H20INO. The summed E-state index contributed by atoms with van der Waals surface area (Å²) < 4.78 is 1.15. The maximum Gasteiger partial charge on any atom is 0.251 e. The minimum Gasteiger partial charge on any atom is -0.350 e. The summed E-state index contributed by atoms with van der Waals surface area (Å²) >= 11 is 2.23. The predicted octanol–water partition coefficient (Wildman–Crippen LogP) is 3.85. The normalized spacial score (nSPS) is 12.5. The molecular weight excluding hydrogens is 325 g/mol. The van der Waals surface area contributed by atoms with Gasteiger partial charge in [0.25, 0.3) is 5.91 Å². The second-order valence-corrected chi connectivity index (χ2v) is 6.10. The second kappa shape index (κ2) is 6.99. The molecule has 0 bridgehead atoms. The molecule has 0 radical (unpaired) electrons. The lowest BCUT2D eigenvalue weighted by Crippen LogP contribution is -2.32. The summed E-state index contributed by atoms with van der Waals surface area (Å²) in [5, 5.41) is 3.03. The minimum atomic E-state index is 0.0256. The van der Waals surface area contributed by atoms with Crippen LogP contribution in [-0.2, 0) is 0 Å². The Morgan fingerprint density at radius 3 is 2.29 bits per heavy atom. The standard InChI is InChI=1S/C14H20INO/c1-10(2)4-5-11(3)16-14(17)12-6-8-13(15)9-7-12/h6-11H,4-5H2,1-3H3,(H,16,17)/t11-/m0/s1. The Labute approximate surface area is 117 Å². The molecule has 94 valence electrons. The molecule has 1 aromatic carbocycles. The highest BCUT2D eigenvalue weighted by molar-refractivity contribution is 14.1. The van der Waals surface area contributed by atoms with Crippen LogP contribution in [0.15, 0.2) is 24.3 Å². The summed E-state index contributed by atoms with van der Waals surface area (Å²) in [6, 6.07) is 7.88. The summed E-state index contributed by atoms with van der Waals surface area (Å²) in [4.78, 5) is 11.9. The summed E-state index contributed by atoms with van der Waals surface area (Å²) in [5.41, 5.74) is 0.738. The van der Waals surface area contributed by atoms with Crippen molar-refractivity contribution in [3.05, 3.63) is 33.4 Å². The number of carbonyl (C=O) groups is 1. The molecule has 0 saturated carbocycles. The number of carbonyl (C=O) groups excluding carboxylic acids is 1. The fourth-order valence-corrected chi connectivity index (χ4v) is 1.92. The third kappa shape index (κ3) is 5.52. The van der Waals surface area contributed by atoms with Crippen LogP contribution in [0.5, 0.6) is 0 Å². The molecule has 3 heteroatoms. The minimum absolute atomic E-state index is 0.0256. The molecule has 0 aliphatic rings. The molecule has 1 aromatic rings. The molecule has 0 unspecified atom stereocenters. The van der Waals surface area contributed by atoms with Gasteiger partial charge >= 0.3 is 0 Å². The fraction of sp³-hybridized carbons (Fsp3) is 0.500. The third-order valence-corrected chi connectivity index (χ3v) is 3.38. The first-order chi connectivity index (χ1) is 7.99. The zero-order chi connectivity index (χ0) is 12.8. The second-order valence-electron chi connectivity index (χ2n) is 4.85. The van der Waals surface area contributed by atoms with Gasteiger partial charge < -0.3 is 5.32 Å². The summed E-state index contributed by atoms with van der Waals surface area (Å²) in [5.74, 6) is 0.713. The lowest BCUT2D eigenvalue weighted by atomic mass is 10.0. The Hall–Kier alpha value is -0.580. The number of halogens is 1. The zero-order valence-electron chi connectivity index (χ0n) is 10.7. The van der Waals surface area contributed by atoms with Crippen LogP contribution in [0.3, 0.4) is 0 Å². The van der Waals surface area contributed by atoms with E-state index in [1.54, 1.807) is 0 Å². The van der Waals surface area contributed by atoms with Crippen LogP contribution >= 0.6 is 22.6 Å². The van der Waals surface area contributed by atoms with Gasteiger partial charge in [0.15, 0.2) is 0 Å². The molecule has 0 spiro atoms. The van der Waals surface area contributed by atoms with E-state index in [2.05, 4.69) is 48.7 Å².